The number of carbonyl (C=O) groups excluding carboxylic acids is 2. The molecule has 0 spiro atoms. The predicted octanol–water partition coefficient (Wildman–Crippen LogP) is 3.53. The smallest absolute Gasteiger partial charge is 0.261 e. The lowest BCUT2D eigenvalue weighted by Crippen LogP contribution is -2.35. The van der Waals surface area contributed by atoms with Crippen LogP contribution in [0.4, 0.5) is 8.78 Å². The maximum atomic E-state index is 14.1. The predicted molar refractivity (Wildman–Crippen MR) is 97.1 cm³/mol. The second-order valence-corrected chi connectivity index (χ2v) is 6.87. The van der Waals surface area contributed by atoms with Crippen LogP contribution in [-0.4, -0.2) is 37.7 Å². The van der Waals surface area contributed by atoms with Crippen molar-refractivity contribution in [3.8, 4) is 16.9 Å². The number of amides is 2. The fraction of sp³-hybridized carbons (Fsp3) is 0.200. The van der Waals surface area contributed by atoms with Crippen molar-refractivity contribution >= 4 is 11.8 Å². The first kappa shape index (κ1) is 18.0. The maximum absolute atomic E-state index is 14.1. The summed E-state index contributed by atoms with van der Waals surface area (Å²) in [6.07, 6.45) is 0. The first-order valence-electron chi connectivity index (χ1n) is 8.69. The second-order valence-electron chi connectivity index (χ2n) is 6.87. The summed E-state index contributed by atoms with van der Waals surface area (Å²) >= 11 is 0. The van der Waals surface area contributed by atoms with Crippen LogP contribution in [0, 0.1) is 18.6 Å². The molecule has 1 aliphatic heterocycles. The monoisotopic (exact) mass is 382 g/mol. The Labute approximate surface area is 159 Å². The molecule has 1 aromatic heterocycles. The molecule has 1 aliphatic rings. The van der Waals surface area contributed by atoms with Crippen LogP contribution in [0.2, 0.25) is 0 Å². The lowest BCUT2D eigenvalue weighted by Gasteiger charge is -2.17. The van der Waals surface area contributed by atoms with E-state index in [4.69, 9.17) is 0 Å². The van der Waals surface area contributed by atoms with Gasteiger partial charge in [0.25, 0.3) is 11.8 Å². The molecule has 6 nitrogen and oxygen atoms in total. The van der Waals surface area contributed by atoms with Crippen molar-refractivity contribution < 1.29 is 18.4 Å². The van der Waals surface area contributed by atoms with Crippen molar-refractivity contribution in [2.24, 2.45) is 0 Å². The number of imide groups is 1. The van der Waals surface area contributed by atoms with Gasteiger partial charge >= 0.3 is 0 Å². The van der Waals surface area contributed by atoms with Gasteiger partial charge in [-0.3, -0.25) is 14.5 Å². The Morgan fingerprint density at radius 1 is 0.964 bits per heavy atom. The van der Waals surface area contributed by atoms with Crippen molar-refractivity contribution in [1.82, 2.24) is 19.9 Å². The number of hydrogen-bond acceptors (Lipinski definition) is 4. The molecule has 0 aliphatic carbocycles. The lowest BCUT2D eigenvalue weighted by atomic mass is 10.0. The van der Waals surface area contributed by atoms with Gasteiger partial charge in [0.2, 0.25) is 0 Å². The Morgan fingerprint density at radius 2 is 1.68 bits per heavy atom. The third-order valence-electron chi connectivity index (χ3n) is 4.74. The van der Waals surface area contributed by atoms with Crippen molar-refractivity contribution in [2.45, 2.75) is 26.8 Å². The molecule has 28 heavy (non-hydrogen) atoms. The molecule has 2 amide bonds. The van der Waals surface area contributed by atoms with E-state index < -0.39 is 11.6 Å². The summed E-state index contributed by atoms with van der Waals surface area (Å²) in [4.78, 5) is 26.2. The Morgan fingerprint density at radius 3 is 2.36 bits per heavy atom. The van der Waals surface area contributed by atoms with Crippen molar-refractivity contribution in [3.63, 3.8) is 0 Å². The van der Waals surface area contributed by atoms with E-state index in [2.05, 4.69) is 10.3 Å². The fourth-order valence-electron chi connectivity index (χ4n) is 3.35. The van der Waals surface area contributed by atoms with Crippen LogP contribution in [0.25, 0.3) is 16.9 Å². The van der Waals surface area contributed by atoms with E-state index in [0.717, 1.165) is 12.1 Å². The van der Waals surface area contributed by atoms with Gasteiger partial charge in [0.1, 0.15) is 17.2 Å². The zero-order chi connectivity index (χ0) is 20.2. The number of fused-ring (bicyclic) bond motifs is 1. The standard InChI is InChI=1S/C20H16F2N4O2/c1-10(2)25-19(27)14-6-4-12(8-15(14)20(25)28)18-11(3)26(24-23-18)17-7-5-13(21)9-16(17)22/h4-10H,1-3H3. The summed E-state index contributed by atoms with van der Waals surface area (Å²) in [5, 5.41) is 8.06. The van der Waals surface area contributed by atoms with Gasteiger partial charge in [0.05, 0.1) is 16.8 Å². The van der Waals surface area contributed by atoms with Gasteiger partial charge in [-0.15, -0.1) is 5.10 Å². The number of nitrogens with zero attached hydrogens (tertiary/aromatic N) is 4. The van der Waals surface area contributed by atoms with Crippen molar-refractivity contribution in [2.75, 3.05) is 0 Å². The molecule has 0 bridgehead atoms. The van der Waals surface area contributed by atoms with Gasteiger partial charge < -0.3 is 0 Å². The van der Waals surface area contributed by atoms with E-state index in [1.54, 1.807) is 39.0 Å². The summed E-state index contributed by atoms with van der Waals surface area (Å²) in [5.74, 6) is -2.13. The zero-order valence-corrected chi connectivity index (χ0v) is 15.4. The molecule has 0 fully saturated rings. The number of rotatable bonds is 3. The summed E-state index contributed by atoms with van der Waals surface area (Å²) in [6.45, 7) is 5.24. The van der Waals surface area contributed by atoms with Gasteiger partial charge in [0.15, 0.2) is 5.82 Å². The second kappa shape index (κ2) is 6.33. The van der Waals surface area contributed by atoms with Crippen LogP contribution >= 0.6 is 0 Å². The largest absolute Gasteiger partial charge is 0.272 e. The quantitative estimate of drug-likeness (QED) is 0.650. The van der Waals surface area contributed by atoms with Crippen LogP contribution in [-0.2, 0) is 0 Å². The summed E-state index contributed by atoms with van der Waals surface area (Å²) in [6, 6.07) is 7.80. The van der Waals surface area contributed by atoms with Crippen LogP contribution < -0.4 is 0 Å². The van der Waals surface area contributed by atoms with E-state index in [0.29, 0.717) is 28.1 Å². The van der Waals surface area contributed by atoms with E-state index in [1.165, 1.54) is 15.6 Å². The number of benzene rings is 2. The Balaban J connectivity index is 1.78. The fourth-order valence-corrected chi connectivity index (χ4v) is 3.35. The SMILES string of the molecule is Cc1c(-c2ccc3c(c2)C(=O)N(C(C)C)C3=O)nnn1-c1ccc(F)cc1F. The van der Waals surface area contributed by atoms with Crippen molar-refractivity contribution in [3.05, 3.63) is 64.9 Å². The van der Waals surface area contributed by atoms with E-state index in [9.17, 15) is 18.4 Å². The highest BCUT2D eigenvalue weighted by atomic mass is 19.1. The minimum absolute atomic E-state index is 0.0658. The molecule has 4 rings (SSSR count). The molecule has 0 atom stereocenters. The van der Waals surface area contributed by atoms with Crippen LogP contribution in [0.5, 0.6) is 0 Å². The highest BCUT2D eigenvalue weighted by Crippen LogP contribution is 2.30. The van der Waals surface area contributed by atoms with Gasteiger partial charge in [-0.1, -0.05) is 11.3 Å². The van der Waals surface area contributed by atoms with Crippen LogP contribution in [0.1, 0.15) is 40.3 Å². The summed E-state index contributed by atoms with van der Waals surface area (Å²) in [7, 11) is 0. The number of aromatic nitrogens is 3. The van der Waals surface area contributed by atoms with Gasteiger partial charge in [-0.25, -0.2) is 13.5 Å². The molecule has 0 N–H and O–H groups in total. The molecule has 8 heteroatoms. The highest BCUT2D eigenvalue weighted by molar-refractivity contribution is 6.22. The molecule has 0 saturated heterocycles. The van der Waals surface area contributed by atoms with Gasteiger partial charge in [-0.05, 0) is 45.0 Å². The van der Waals surface area contributed by atoms with Crippen molar-refractivity contribution in [1.29, 1.82) is 0 Å². The summed E-state index contributed by atoms with van der Waals surface area (Å²) in [5.41, 5.74) is 2.25. The molecule has 0 radical (unpaired) electrons. The Kier molecular flexibility index (Phi) is 4.06. The maximum Gasteiger partial charge on any atom is 0.261 e. The van der Waals surface area contributed by atoms with Gasteiger partial charge in [-0.2, -0.15) is 0 Å². The van der Waals surface area contributed by atoms with Crippen LogP contribution in [0.15, 0.2) is 36.4 Å². The number of hydrogen-bond donors (Lipinski definition) is 0. The first-order chi connectivity index (χ1) is 13.3. The molecule has 2 aromatic carbocycles. The third kappa shape index (κ3) is 2.60. The molecular formula is C20H16F2N4O2. The normalized spacial score (nSPS) is 13.6. The molecule has 0 saturated carbocycles. The van der Waals surface area contributed by atoms with E-state index >= 15 is 0 Å². The minimum atomic E-state index is -0.762. The molecule has 0 unspecified atom stereocenters. The lowest BCUT2D eigenvalue weighted by molar-refractivity contribution is 0.0609. The zero-order valence-electron chi connectivity index (χ0n) is 15.4. The molecule has 2 heterocycles. The topological polar surface area (TPSA) is 68.1 Å². The van der Waals surface area contributed by atoms with Gasteiger partial charge in [0, 0.05) is 17.7 Å². The average molecular weight is 382 g/mol. The molecule has 3 aromatic rings. The van der Waals surface area contributed by atoms with E-state index in [1.807, 2.05) is 0 Å². The molecular weight excluding hydrogens is 366 g/mol. The molecule has 142 valence electrons. The average Bonchev–Trinajstić information content (AvgIpc) is 3.13. The highest BCUT2D eigenvalue weighted by Gasteiger charge is 2.37. The van der Waals surface area contributed by atoms with E-state index in [-0.39, 0.29) is 23.5 Å². The summed E-state index contributed by atoms with van der Waals surface area (Å²) < 4.78 is 28.5. The van der Waals surface area contributed by atoms with Crippen LogP contribution in [0.3, 0.4) is 0 Å². The third-order valence-corrected chi connectivity index (χ3v) is 4.74. The number of halogens is 2. The Hall–Kier alpha value is -3.42. The Bertz CT molecular complexity index is 1140. The first-order valence-corrected chi connectivity index (χ1v) is 8.69. The minimum Gasteiger partial charge on any atom is -0.272 e. The number of carbonyl (C=O) groups is 2.